The number of ether oxygens (including phenoxy) is 9. The number of ketones is 3. The molecule has 0 amide bonds. The molecular weight excluding hydrogens is 1550 g/mol. The molecule has 6 fully saturated rings. The van der Waals surface area contributed by atoms with Crippen molar-refractivity contribution in [3.05, 3.63) is 127 Å². The largest absolute Gasteiger partial charge is 0.496 e. The summed E-state index contributed by atoms with van der Waals surface area (Å²) in [6.45, 7) is 12.6. The number of aliphatic hydroxyl groups is 1. The van der Waals surface area contributed by atoms with E-state index in [9.17, 15) is 45.8 Å². The molecule has 3 saturated heterocycles. The van der Waals surface area contributed by atoms with Crippen LogP contribution in [0.25, 0.3) is 50.7 Å². The summed E-state index contributed by atoms with van der Waals surface area (Å²) in [7, 11) is 2.50. The number of Topliss-reactive ketones (excluding diaryl/α,β-unsaturated/α-hetero) is 3. The molecule has 6 aliphatic rings. The highest BCUT2D eigenvalue weighted by Crippen LogP contribution is 2.46. The molecule has 0 unspecified atom stereocenters. The van der Waals surface area contributed by atoms with E-state index in [2.05, 4.69) is 63.9 Å². The summed E-state index contributed by atoms with van der Waals surface area (Å²) >= 11 is 0. The summed E-state index contributed by atoms with van der Waals surface area (Å²) in [6, 6.07) is 20.5. The van der Waals surface area contributed by atoms with Crippen molar-refractivity contribution in [2.45, 2.75) is 155 Å². The van der Waals surface area contributed by atoms with Gasteiger partial charge >= 0.3 is 19.8 Å². The van der Waals surface area contributed by atoms with Crippen molar-refractivity contribution < 1.29 is 92.9 Å². The topological polar surface area (TPSA) is 234 Å². The van der Waals surface area contributed by atoms with E-state index < -0.39 is 28.2 Å². The second kappa shape index (κ2) is 39.2. The SMILES string of the molecule is COc1cc(-c2cnc3cc(OC[C@H]4CCCN(CCO)C4)ccn23)cc(OC(F)F)c1C(=O)CC1CC1.COc1cc(-c2cnc3cc(OC[C@H]4CCCN(CCO[Si](C)(C)C(C)(C)C)C4)ccn23)cc(OC(F)F)c1C(=O)CC1CC1.COc1cc(-c2cnc3cc(OC[C@H]4CCCNC4)ccn23)cc(OC(F)F)c1C(=O)CC1CC1. The average molecular weight is 1660 g/mol. The molecule has 118 heavy (non-hydrogen) atoms. The zero-order valence-electron chi connectivity index (χ0n) is 68.5. The van der Waals surface area contributed by atoms with Gasteiger partial charge in [-0.05, 0) is 187 Å². The number of halogens is 6. The molecule has 0 bridgehead atoms. The van der Waals surface area contributed by atoms with Crippen LogP contribution >= 0.6 is 0 Å². The van der Waals surface area contributed by atoms with Crippen LogP contribution in [0.5, 0.6) is 51.7 Å². The number of aliphatic hydroxyl groups excluding tert-OH is 1. The van der Waals surface area contributed by atoms with Crippen molar-refractivity contribution >= 4 is 42.6 Å². The lowest BCUT2D eigenvalue weighted by molar-refractivity contribution is -0.0509. The van der Waals surface area contributed by atoms with Crippen molar-refractivity contribution in [1.29, 1.82) is 0 Å². The summed E-state index contributed by atoms with van der Waals surface area (Å²) < 4.78 is 141. The average Bonchev–Trinajstić information content (AvgIpc) is 1.66. The van der Waals surface area contributed by atoms with Gasteiger partial charge in [-0.3, -0.25) is 27.6 Å². The number of fused-ring (bicyclic) bond motifs is 3. The van der Waals surface area contributed by atoms with Crippen LogP contribution in [0.4, 0.5) is 26.3 Å². The van der Waals surface area contributed by atoms with Crippen molar-refractivity contribution in [3.8, 4) is 85.5 Å². The fourth-order valence-electron chi connectivity index (χ4n) is 15.4. The highest BCUT2D eigenvalue weighted by Gasteiger charge is 2.38. The van der Waals surface area contributed by atoms with Gasteiger partial charge < -0.3 is 67.3 Å². The van der Waals surface area contributed by atoms with Gasteiger partial charge in [-0.2, -0.15) is 26.3 Å². The molecule has 3 aliphatic carbocycles. The quantitative estimate of drug-likeness (QED) is 0.0211. The Bertz CT molecular complexity index is 4920. The monoisotopic (exact) mass is 1660 g/mol. The lowest BCUT2D eigenvalue weighted by atomic mass is 9.99. The summed E-state index contributed by atoms with van der Waals surface area (Å²) in [4.78, 5) is 57.0. The van der Waals surface area contributed by atoms with E-state index in [0.29, 0.717) is 125 Å². The van der Waals surface area contributed by atoms with Crippen LogP contribution < -0.4 is 47.9 Å². The minimum Gasteiger partial charge on any atom is -0.496 e. The van der Waals surface area contributed by atoms with Crippen molar-refractivity contribution in [2.75, 3.05) is 107 Å². The minimum atomic E-state index is -3.08. The highest BCUT2D eigenvalue weighted by molar-refractivity contribution is 6.74. The molecule has 2 N–H and O–H groups in total. The fraction of sp³-hybridized carbons (Fsp3) is 0.523. The van der Waals surface area contributed by atoms with Gasteiger partial charge in [0.1, 0.15) is 85.4 Å². The van der Waals surface area contributed by atoms with E-state index in [4.69, 9.17) is 47.1 Å². The predicted octanol–water partition coefficient (Wildman–Crippen LogP) is 17.4. The summed E-state index contributed by atoms with van der Waals surface area (Å²) in [6.07, 6.45) is 23.9. The van der Waals surface area contributed by atoms with Crippen molar-refractivity contribution in [3.63, 3.8) is 0 Å². The number of carbonyl (C=O) groups is 3. The van der Waals surface area contributed by atoms with Gasteiger partial charge in [0.05, 0.1) is 83.4 Å². The number of methoxy groups -OCH3 is 3. The number of piperidine rings is 3. The number of imidazole rings is 3. The molecule has 3 saturated carbocycles. The standard InChI is InChI=1S/C34H47F2N3O5Si.C28H33F2N3O5.C26H29F2N3O4/c1-34(2,3)45(5,6)43-15-14-38-12-7-8-24(21-38)22-42-26-11-13-39-27(20-37-31(39)19-26)25-17-29(41-4)32(28(40)16-23-9-10-23)30(18-25)44-33(35)36;1-36-24-12-20(13-25(38-28(29)30)27(24)23(35)11-18-4-5-18)22-15-31-26-14-21(6-8-33(22)26)37-17-19-3-2-7-32(16-19)9-10-34;1-33-22-10-18(11-23(35-26(27)28)25(22)21(32)9-16-4-5-16)20-14-30-24-12-19(6-8-31(20)24)34-15-17-3-2-7-29-13-17/h11,13,17-20,23-24,33H,7-10,12,14-16,21-22H2,1-6H3;6,8,12-15,18-19,28,34H,2-5,7,9-11,16-17H2,1H3;6,8,10-12,14,16-17,26,29H,2-5,7,9,13,15H2,1H3/t24-;19-;17-/m000/s1. The molecule has 3 aliphatic heterocycles. The van der Waals surface area contributed by atoms with E-state index in [-0.39, 0.29) is 93.0 Å². The third-order valence-corrected chi connectivity index (χ3v) is 27.9. The minimum absolute atomic E-state index is 0.0493. The first-order valence-corrected chi connectivity index (χ1v) is 44.0. The molecule has 30 heteroatoms. The maximum atomic E-state index is 13.4. The number of nitrogens with zero attached hydrogens (tertiary/aromatic N) is 8. The van der Waals surface area contributed by atoms with Gasteiger partial charge in [-0.25, -0.2) is 15.0 Å². The van der Waals surface area contributed by atoms with E-state index >= 15 is 0 Å². The van der Waals surface area contributed by atoms with Gasteiger partial charge in [0.15, 0.2) is 25.7 Å². The zero-order valence-corrected chi connectivity index (χ0v) is 69.5. The van der Waals surface area contributed by atoms with Gasteiger partial charge in [-0.15, -0.1) is 0 Å². The molecule has 3 atom stereocenters. The Hall–Kier alpha value is -9.46. The second-order valence-corrected chi connectivity index (χ2v) is 38.1. The van der Waals surface area contributed by atoms with E-state index in [1.807, 2.05) is 68.2 Å². The smallest absolute Gasteiger partial charge is 0.387 e. The molecule has 9 aromatic rings. The summed E-state index contributed by atoms with van der Waals surface area (Å²) in [5.41, 5.74) is 5.68. The number of benzene rings is 3. The van der Waals surface area contributed by atoms with Crippen LogP contribution in [0.2, 0.25) is 18.1 Å². The predicted molar refractivity (Wildman–Crippen MR) is 437 cm³/mol. The van der Waals surface area contributed by atoms with Gasteiger partial charge in [0.25, 0.3) is 0 Å². The molecule has 636 valence electrons. The lowest BCUT2D eigenvalue weighted by Gasteiger charge is -2.38. The number of carbonyl (C=O) groups excluding carboxylic acids is 3. The zero-order chi connectivity index (χ0) is 83.4. The molecule has 0 spiro atoms. The molecule has 3 aromatic carbocycles. The number of hydrogen-bond donors (Lipinski definition) is 2. The first-order valence-electron chi connectivity index (χ1n) is 41.1. The third kappa shape index (κ3) is 22.5. The number of pyridine rings is 3. The number of hydrogen-bond acceptors (Lipinski definition) is 20. The Morgan fingerprint density at radius 2 is 0.831 bits per heavy atom. The number of nitrogens with one attached hydrogen (secondary N) is 1. The van der Waals surface area contributed by atoms with Gasteiger partial charge in [0, 0.05) is 130 Å². The van der Waals surface area contributed by atoms with Crippen molar-refractivity contribution in [2.24, 2.45) is 35.5 Å². The third-order valence-electron chi connectivity index (χ3n) is 23.4. The Morgan fingerprint density at radius 3 is 1.15 bits per heavy atom. The maximum Gasteiger partial charge on any atom is 0.387 e. The molecule has 0 radical (unpaired) electrons. The molecule has 9 heterocycles. The van der Waals surface area contributed by atoms with E-state index in [1.165, 1.54) is 39.5 Å². The van der Waals surface area contributed by atoms with Crippen molar-refractivity contribution in [1.82, 2.24) is 43.3 Å². The lowest BCUT2D eigenvalue weighted by Crippen LogP contribution is -2.44. The van der Waals surface area contributed by atoms with Crippen LogP contribution in [0.1, 0.15) is 148 Å². The molecular formula is C88H109F6N9O14Si. The van der Waals surface area contributed by atoms with Crippen LogP contribution in [0, 0.1) is 35.5 Å². The first-order chi connectivity index (χ1) is 56.8. The van der Waals surface area contributed by atoms with E-state index in [1.54, 1.807) is 36.8 Å². The number of β-amino-alcohol motifs (C(OH)–C–C–N with tert-alkyl or cyclic N) is 1. The Labute approximate surface area is 685 Å². The summed E-state index contributed by atoms with van der Waals surface area (Å²) in [5.74, 6) is 3.60. The number of alkyl halides is 6. The van der Waals surface area contributed by atoms with Crippen LogP contribution in [0.3, 0.4) is 0 Å². The van der Waals surface area contributed by atoms with Crippen LogP contribution in [0.15, 0.2) is 110 Å². The number of likely N-dealkylation sites (tertiary alicyclic amines) is 2. The number of aromatic nitrogens is 6. The Kier molecular flexibility index (Phi) is 28.7. The maximum absolute atomic E-state index is 13.4. The normalized spacial score (nSPS) is 18.1. The Morgan fingerprint density at radius 1 is 0.483 bits per heavy atom. The van der Waals surface area contributed by atoms with Crippen LogP contribution in [-0.4, -0.2) is 195 Å². The Balaban J connectivity index is 0.000000155. The second-order valence-electron chi connectivity index (χ2n) is 33.3. The number of rotatable bonds is 36. The molecule has 6 aromatic heterocycles. The van der Waals surface area contributed by atoms with Crippen LogP contribution in [-0.2, 0) is 4.43 Å². The molecule has 15 rings (SSSR count). The van der Waals surface area contributed by atoms with Gasteiger partial charge in [0.2, 0.25) is 0 Å². The first kappa shape index (κ1) is 86.4. The van der Waals surface area contributed by atoms with E-state index in [0.717, 1.165) is 141 Å². The fourth-order valence-corrected chi connectivity index (χ4v) is 16.5. The highest BCUT2D eigenvalue weighted by atomic mass is 28.4. The molecule has 23 nitrogen and oxygen atoms in total. The summed E-state index contributed by atoms with van der Waals surface area (Å²) in [5, 5.41) is 12.8. The van der Waals surface area contributed by atoms with Gasteiger partial charge in [-0.1, -0.05) is 20.8 Å².